The second-order valence-corrected chi connectivity index (χ2v) is 5.36. The highest BCUT2D eigenvalue weighted by atomic mass is 79.9. The van der Waals surface area contributed by atoms with Gasteiger partial charge in [0.25, 0.3) is 0 Å². The minimum atomic E-state index is 0.0758. The maximum atomic E-state index is 11.3. The molecule has 0 amide bonds. The fourth-order valence-corrected chi connectivity index (χ4v) is 2.81. The summed E-state index contributed by atoms with van der Waals surface area (Å²) in [5, 5.41) is 9.13. The van der Waals surface area contributed by atoms with Gasteiger partial charge in [-0.1, -0.05) is 0 Å². The van der Waals surface area contributed by atoms with Gasteiger partial charge in [-0.25, -0.2) is 0 Å². The second kappa shape index (κ2) is 5.19. The van der Waals surface area contributed by atoms with Crippen LogP contribution in [-0.2, 0) is 0 Å². The average molecular weight is 298 g/mol. The van der Waals surface area contributed by atoms with E-state index in [9.17, 15) is 4.79 Å². The molecule has 2 rings (SSSR count). The van der Waals surface area contributed by atoms with Crippen LogP contribution in [0.5, 0.6) is 0 Å². The summed E-state index contributed by atoms with van der Waals surface area (Å²) >= 11 is 3.51. The van der Waals surface area contributed by atoms with E-state index in [0.29, 0.717) is 5.92 Å². The summed E-state index contributed by atoms with van der Waals surface area (Å²) < 4.78 is 0.948. The maximum absolute atomic E-state index is 11.3. The van der Waals surface area contributed by atoms with E-state index in [0.717, 1.165) is 35.2 Å². The van der Waals surface area contributed by atoms with Crippen molar-refractivity contribution in [1.29, 1.82) is 0 Å². The van der Waals surface area contributed by atoms with Gasteiger partial charge in [0.2, 0.25) is 0 Å². The number of carbonyl (C=O) groups is 1. The summed E-state index contributed by atoms with van der Waals surface area (Å²) in [6.07, 6.45) is 1.03. The van der Waals surface area contributed by atoms with E-state index in [4.69, 9.17) is 5.11 Å². The number of ketones is 1. The van der Waals surface area contributed by atoms with Gasteiger partial charge in [0.1, 0.15) is 0 Å². The number of anilines is 1. The Morgan fingerprint density at radius 3 is 2.88 bits per heavy atom. The number of rotatable bonds is 3. The Kier molecular flexibility index (Phi) is 3.84. The van der Waals surface area contributed by atoms with Gasteiger partial charge in [-0.15, -0.1) is 0 Å². The lowest BCUT2D eigenvalue weighted by Gasteiger charge is -2.20. The topological polar surface area (TPSA) is 40.5 Å². The summed E-state index contributed by atoms with van der Waals surface area (Å²) in [5.41, 5.74) is 1.82. The van der Waals surface area contributed by atoms with Gasteiger partial charge in [0, 0.05) is 35.7 Å². The summed E-state index contributed by atoms with van der Waals surface area (Å²) in [4.78, 5) is 13.5. The van der Waals surface area contributed by atoms with Crippen molar-refractivity contribution in [2.75, 3.05) is 24.6 Å². The summed E-state index contributed by atoms with van der Waals surface area (Å²) in [7, 11) is 0. The molecule has 1 aliphatic rings. The van der Waals surface area contributed by atoms with Crippen molar-refractivity contribution in [2.45, 2.75) is 13.3 Å². The van der Waals surface area contributed by atoms with E-state index in [2.05, 4.69) is 20.8 Å². The molecule has 1 aliphatic heterocycles. The normalized spacial score (nSPS) is 19.7. The Morgan fingerprint density at radius 2 is 2.35 bits per heavy atom. The van der Waals surface area contributed by atoms with Crippen molar-refractivity contribution >= 4 is 27.4 Å². The van der Waals surface area contributed by atoms with Crippen LogP contribution in [0.3, 0.4) is 0 Å². The third-order valence-corrected chi connectivity index (χ3v) is 3.87. The van der Waals surface area contributed by atoms with Gasteiger partial charge in [-0.3, -0.25) is 4.79 Å². The van der Waals surface area contributed by atoms with Gasteiger partial charge in [-0.2, -0.15) is 0 Å². The van der Waals surface area contributed by atoms with Gasteiger partial charge in [0.05, 0.1) is 5.69 Å². The van der Waals surface area contributed by atoms with Crippen molar-refractivity contribution in [3.8, 4) is 0 Å². The maximum Gasteiger partial charge on any atom is 0.159 e. The van der Waals surface area contributed by atoms with E-state index in [1.807, 2.05) is 18.2 Å². The van der Waals surface area contributed by atoms with Crippen LogP contribution in [0.2, 0.25) is 0 Å². The average Bonchev–Trinajstić information content (AvgIpc) is 2.77. The van der Waals surface area contributed by atoms with Crippen LogP contribution in [0, 0.1) is 5.92 Å². The SMILES string of the molecule is CC(=O)c1ccc(N2CCC(CO)C2)c(Br)c1. The van der Waals surface area contributed by atoms with E-state index in [1.54, 1.807) is 6.92 Å². The Hall–Kier alpha value is -0.870. The lowest BCUT2D eigenvalue weighted by atomic mass is 10.1. The van der Waals surface area contributed by atoms with Crippen molar-refractivity contribution in [3.05, 3.63) is 28.2 Å². The Morgan fingerprint density at radius 1 is 1.59 bits per heavy atom. The zero-order valence-corrected chi connectivity index (χ0v) is 11.4. The zero-order valence-electron chi connectivity index (χ0n) is 9.82. The fraction of sp³-hybridized carbons (Fsp3) is 0.462. The largest absolute Gasteiger partial charge is 0.396 e. The van der Waals surface area contributed by atoms with E-state index in [-0.39, 0.29) is 12.4 Å². The molecule has 3 nitrogen and oxygen atoms in total. The summed E-state index contributed by atoms with van der Waals surface area (Å²) in [6.45, 7) is 3.66. The third-order valence-electron chi connectivity index (χ3n) is 3.24. The monoisotopic (exact) mass is 297 g/mol. The fourth-order valence-electron chi connectivity index (χ4n) is 2.18. The summed E-state index contributed by atoms with van der Waals surface area (Å²) in [5.74, 6) is 0.446. The Balaban J connectivity index is 2.20. The number of halogens is 1. The first-order chi connectivity index (χ1) is 8.11. The molecular weight excluding hydrogens is 282 g/mol. The molecule has 1 heterocycles. The highest BCUT2D eigenvalue weighted by Crippen LogP contribution is 2.31. The van der Waals surface area contributed by atoms with Crippen LogP contribution in [0.1, 0.15) is 23.7 Å². The third kappa shape index (κ3) is 2.69. The van der Waals surface area contributed by atoms with Crippen molar-refractivity contribution in [2.24, 2.45) is 5.92 Å². The molecule has 1 N–H and O–H groups in total. The number of nitrogens with zero attached hydrogens (tertiary/aromatic N) is 1. The molecule has 0 bridgehead atoms. The lowest BCUT2D eigenvalue weighted by molar-refractivity contribution is 0.101. The van der Waals surface area contributed by atoms with Crippen LogP contribution in [0.15, 0.2) is 22.7 Å². The number of hydrogen-bond acceptors (Lipinski definition) is 3. The first-order valence-electron chi connectivity index (χ1n) is 5.78. The smallest absolute Gasteiger partial charge is 0.159 e. The van der Waals surface area contributed by atoms with E-state index < -0.39 is 0 Å². The number of aliphatic hydroxyl groups excluding tert-OH is 1. The van der Waals surface area contributed by atoms with Crippen LogP contribution >= 0.6 is 15.9 Å². The highest BCUT2D eigenvalue weighted by molar-refractivity contribution is 9.10. The lowest BCUT2D eigenvalue weighted by Crippen LogP contribution is -2.21. The molecule has 1 saturated heterocycles. The molecule has 0 aromatic heterocycles. The number of carbonyl (C=O) groups excluding carboxylic acids is 1. The quantitative estimate of drug-likeness (QED) is 0.872. The van der Waals surface area contributed by atoms with Gasteiger partial charge in [0.15, 0.2) is 5.78 Å². The predicted molar refractivity (Wildman–Crippen MR) is 71.6 cm³/mol. The zero-order chi connectivity index (χ0) is 12.4. The molecule has 92 valence electrons. The molecule has 4 heteroatoms. The van der Waals surface area contributed by atoms with Gasteiger partial charge in [-0.05, 0) is 47.5 Å². The molecule has 0 spiro atoms. The predicted octanol–water partition coefficient (Wildman–Crippen LogP) is 2.47. The summed E-state index contributed by atoms with van der Waals surface area (Å²) in [6, 6.07) is 5.69. The molecule has 1 unspecified atom stereocenters. The van der Waals surface area contributed by atoms with Crippen LogP contribution in [0.25, 0.3) is 0 Å². The van der Waals surface area contributed by atoms with Crippen molar-refractivity contribution in [1.82, 2.24) is 0 Å². The van der Waals surface area contributed by atoms with E-state index >= 15 is 0 Å². The molecule has 17 heavy (non-hydrogen) atoms. The molecule has 0 aliphatic carbocycles. The minimum absolute atomic E-state index is 0.0758. The Bertz CT molecular complexity index is 433. The molecule has 1 aromatic rings. The standard InChI is InChI=1S/C13H16BrNO2/c1-9(17)11-2-3-13(12(14)6-11)15-5-4-10(7-15)8-16/h2-3,6,10,16H,4-5,7-8H2,1H3. The van der Waals surface area contributed by atoms with Crippen molar-refractivity contribution < 1.29 is 9.90 Å². The first-order valence-corrected chi connectivity index (χ1v) is 6.57. The molecular formula is C13H16BrNO2. The van der Waals surface area contributed by atoms with Crippen LogP contribution in [-0.4, -0.2) is 30.6 Å². The van der Waals surface area contributed by atoms with Crippen molar-refractivity contribution in [3.63, 3.8) is 0 Å². The molecule has 1 fully saturated rings. The molecule has 0 saturated carbocycles. The molecule has 1 aromatic carbocycles. The van der Waals surface area contributed by atoms with Crippen LogP contribution < -0.4 is 4.90 Å². The first kappa shape index (κ1) is 12.6. The minimum Gasteiger partial charge on any atom is -0.396 e. The number of benzene rings is 1. The number of aliphatic hydroxyl groups is 1. The van der Waals surface area contributed by atoms with Crippen LogP contribution in [0.4, 0.5) is 5.69 Å². The molecule has 0 radical (unpaired) electrons. The molecule has 1 atom stereocenters. The highest BCUT2D eigenvalue weighted by Gasteiger charge is 2.23. The van der Waals surface area contributed by atoms with Gasteiger partial charge < -0.3 is 10.0 Å². The number of hydrogen-bond donors (Lipinski definition) is 1. The second-order valence-electron chi connectivity index (χ2n) is 4.51. The number of Topliss-reactive ketones (excluding diaryl/α,β-unsaturated/α-hetero) is 1. The van der Waals surface area contributed by atoms with Gasteiger partial charge >= 0.3 is 0 Å². The van der Waals surface area contributed by atoms with E-state index in [1.165, 1.54) is 0 Å². The Labute approximate surface area is 110 Å².